The summed E-state index contributed by atoms with van der Waals surface area (Å²) in [5, 5.41) is 0. The van der Waals surface area contributed by atoms with Crippen LogP contribution < -0.4 is 0 Å². The predicted molar refractivity (Wildman–Crippen MR) is 50.4 cm³/mol. The summed E-state index contributed by atoms with van der Waals surface area (Å²) in [6.07, 6.45) is 0. The van der Waals surface area contributed by atoms with Gasteiger partial charge in [-0.05, 0) is 0 Å². The number of rotatable bonds is 0. The summed E-state index contributed by atoms with van der Waals surface area (Å²) in [7, 11) is 0. The number of ether oxygens (including phenoxy) is 4. The van der Waals surface area contributed by atoms with Gasteiger partial charge < -0.3 is 18.9 Å². The van der Waals surface area contributed by atoms with Crippen molar-refractivity contribution in [2.24, 2.45) is 0 Å². The first-order valence-corrected chi connectivity index (χ1v) is 4.31. The first-order chi connectivity index (χ1) is 6.00. The molecule has 0 spiro atoms. The van der Waals surface area contributed by atoms with Crippen molar-refractivity contribution in [3.8, 4) is 0 Å². The Labute approximate surface area is 91.0 Å². The minimum absolute atomic E-state index is 0. The molecular weight excluding hydrogens is 167 g/mol. The predicted octanol–water partition coefficient (Wildman–Crippen LogP) is -0.582. The van der Waals surface area contributed by atoms with Crippen molar-refractivity contribution < 1.29 is 18.9 Å². The molecule has 0 aromatic rings. The first-order valence-electron chi connectivity index (χ1n) is 4.31. The molecule has 0 aromatic carbocycles. The molecule has 0 bridgehead atoms. The van der Waals surface area contributed by atoms with Gasteiger partial charge in [0, 0.05) is 0 Å². The molecule has 1 heterocycles. The fourth-order valence-electron chi connectivity index (χ4n) is 0.880. The Kier molecular flexibility index (Phi) is 10.9. The zero-order valence-corrected chi connectivity index (χ0v) is 7.29. The van der Waals surface area contributed by atoms with Crippen molar-refractivity contribution in [2.75, 3.05) is 52.9 Å². The van der Waals surface area contributed by atoms with E-state index in [-0.39, 0.29) is 18.9 Å². The van der Waals surface area contributed by atoms with Gasteiger partial charge in [-0.3, -0.25) is 0 Å². The molecule has 1 aliphatic rings. The Morgan fingerprint density at radius 1 is 0.385 bits per heavy atom. The number of hydrogen-bond donors (Lipinski definition) is 0. The molecule has 4 nitrogen and oxygen atoms in total. The van der Waals surface area contributed by atoms with Gasteiger partial charge in [0.15, 0.2) is 0 Å². The topological polar surface area (TPSA) is 36.9 Å². The fraction of sp³-hybridized carbons (Fsp3) is 1.00. The van der Waals surface area contributed by atoms with Crippen LogP contribution in [0.4, 0.5) is 0 Å². The van der Waals surface area contributed by atoms with Crippen LogP contribution in [0.3, 0.4) is 0 Å². The summed E-state index contributed by atoms with van der Waals surface area (Å²) in [6.45, 7) is 5.14. The van der Waals surface area contributed by atoms with Crippen LogP contribution in [0.5, 0.6) is 0 Å². The van der Waals surface area contributed by atoms with Crippen molar-refractivity contribution in [3.63, 3.8) is 0 Å². The summed E-state index contributed by atoms with van der Waals surface area (Å²) in [6, 6.07) is 0. The molecule has 0 atom stereocenters. The average molecular weight is 184 g/mol. The fourth-order valence-corrected chi connectivity index (χ4v) is 0.880. The molecule has 0 radical (unpaired) electrons. The normalized spacial score (nSPS) is 22.2. The van der Waals surface area contributed by atoms with Crippen molar-refractivity contribution in [2.45, 2.75) is 0 Å². The standard InChI is InChI=1S/C8H16O4.Li.H/c1-2-10-5-6-12-8-7-11-4-3-9-1;;/h1-8H2;;. The molecule has 0 aliphatic carbocycles. The van der Waals surface area contributed by atoms with E-state index < -0.39 is 0 Å². The van der Waals surface area contributed by atoms with Crippen LogP contribution in [0, 0.1) is 0 Å². The van der Waals surface area contributed by atoms with Gasteiger partial charge in [0.05, 0.1) is 52.9 Å². The van der Waals surface area contributed by atoms with Gasteiger partial charge in [-0.1, -0.05) is 0 Å². The van der Waals surface area contributed by atoms with Gasteiger partial charge in [0.25, 0.3) is 0 Å². The van der Waals surface area contributed by atoms with E-state index in [4.69, 9.17) is 18.9 Å². The molecule has 1 rings (SSSR count). The van der Waals surface area contributed by atoms with Gasteiger partial charge in [0.1, 0.15) is 0 Å². The quantitative estimate of drug-likeness (QED) is 0.472. The molecule has 0 saturated carbocycles. The third kappa shape index (κ3) is 8.76. The summed E-state index contributed by atoms with van der Waals surface area (Å²) in [4.78, 5) is 0. The van der Waals surface area contributed by atoms with Crippen LogP contribution >= 0.6 is 0 Å². The third-order valence-corrected chi connectivity index (χ3v) is 1.49. The van der Waals surface area contributed by atoms with Crippen molar-refractivity contribution >= 4 is 18.9 Å². The molecule has 0 unspecified atom stereocenters. The zero-order chi connectivity index (χ0) is 8.49. The van der Waals surface area contributed by atoms with Crippen molar-refractivity contribution in [1.82, 2.24) is 0 Å². The Morgan fingerprint density at radius 2 is 0.538 bits per heavy atom. The Morgan fingerprint density at radius 3 is 0.692 bits per heavy atom. The molecule has 5 heteroatoms. The Hall–Kier alpha value is 0.437. The van der Waals surface area contributed by atoms with E-state index in [1.54, 1.807) is 0 Å². The van der Waals surface area contributed by atoms with Crippen LogP contribution in [0.1, 0.15) is 0 Å². The maximum atomic E-state index is 5.22. The average Bonchev–Trinajstić information content (AvgIpc) is 2.05. The maximum absolute atomic E-state index is 5.22. The second-order valence-corrected chi connectivity index (χ2v) is 2.45. The van der Waals surface area contributed by atoms with Crippen molar-refractivity contribution in [3.05, 3.63) is 0 Å². The third-order valence-electron chi connectivity index (χ3n) is 1.49. The van der Waals surface area contributed by atoms with Crippen LogP contribution in [-0.4, -0.2) is 71.7 Å². The Bertz CT molecular complexity index is 59.1. The van der Waals surface area contributed by atoms with Gasteiger partial charge in [0.2, 0.25) is 0 Å². The van der Waals surface area contributed by atoms with Gasteiger partial charge in [-0.15, -0.1) is 0 Å². The molecule has 0 N–H and O–H groups in total. The molecule has 0 amide bonds. The molecule has 74 valence electrons. The van der Waals surface area contributed by atoms with Crippen LogP contribution in [0.25, 0.3) is 0 Å². The van der Waals surface area contributed by atoms with Crippen LogP contribution in [0.15, 0.2) is 0 Å². The summed E-state index contributed by atoms with van der Waals surface area (Å²) in [5.41, 5.74) is 0. The zero-order valence-electron chi connectivity index (χ0n) is 7.29. The monoisotopic (exact) mass is 184 g/mol. The van der Waals surface area contributed by atoms with E-state index >= 15 is 0 Å². The molecular formula is C8H17LiO4. The molecule has 1 aliphatic heterocycles. The van der Waals surface area contributed by atoms with E-state index in [1.165, 1.54) is 0 Å². The van der Waals surface area contributed by atoms with Gasteiger partial charge in [-0.2, -0.15) is 0 Å². The van der Waals surface area contributed by atoms with Crippen LogP contribution in [-0.2, 0) is 18.9 Å². The Balaban J connectivity index is 0.00000144. The van der Waals surface area contributed by atoms with Gasteiger partial charge in [-0.25, -0.2) is 0 Å². The molecule has 1 fully saturated rings. The van der Waals surface area contributed by atoms with E-state index in [9.17, 15) is 0 Å². The summed E-state index contributed by atoms with van der Waals surface area (Å²) < 4.78 is 20.9. The number of hydrogen-bond acceptors (Lipinski definition) is 4. The van der Waals surface area contributed by atoms with Crippen molar-refractivity contribution in [1.29, 1.82) is 0 Å². The van der Waals surface area contributed by atoms with Gasteiger partial charge >= 0.3 is 18.9 Å². The van der Waals surface area contributed by atoms with E-state index in [1.807, 2.05) is 0 Å². The molecule has 13 heavy (non-hydrogen) atoms. The van der Waals surface area contributed by atoms with Crippen LogP contribution in [0.2, 0.25) is 0 Å². The summed E-state index contributed by atoms with van der Waals surface area (Å²) >= 11 is 0. The minimum atomic E-state index is 0. The molecule has 1 saturated heterocycles. The van der Waals surface area contributed by atoms with E-state index in [0.29, 0.717) is 52.9 Å². The second-order valence-electron chi connectivity index (χ2n) is 2.45. The summed E-state index contributed by atoms with van der Waals surface area (Å²) in [5.74, 6) is 0. The second kappa shape index (κ2) is 10.5. The SMILES string of the molecule is C1COCCOCCOCCO1.[LiH]. The van der Waals surface area contributed by atoms with E-state index in [2.05, 4.69) is 0 Å². The van der Waals surface area contributed by atoms with E-state index in [0.717, 1.165) is 0 Å². The molecule has 0 aromatic heterocycles. The first kappa shape index (κ1) is 13.4.